The van der Waals surface area contributed by atoms with Crippen molar-refractivity contribution in [3.63, 3.8) is 0 Å². The van der Waals surface area contributed by atoms with Crippen molar-refractivity contribution < 1.29 is 9.53 Å². The normalized spacial score (nSPS) is 19.5. The first-order valence-electron chi connectivity index (χ1n) is 7.43. The average molecular weight is 287 g/mol. The number of carbonyl (C=O) groups is 1. The van der Waals surface area contributed by atoms with Crippen molar-refractivity contribution in [2.45, 2.75) is 38.8 Å². The van der Waals surface area contributed by atoms with E-state index in [-0.39, 0.29) is 5.97 Å². The molecule has 3 rings (SSSR count). The van der Waals surface area contributed by atoms with Crippen LogP contribution in [0.2, 0.25) is 0 Å². The quantitative estimate of drug-likeness (QED) is 0.814. The number of ether oxygens (including phenoxy) is 1. The molecule has 1 fully saturated rings. The highest BCUT2D eigenvalue weighted by Gasteiger charge is 2.29. The Bertz CT molecular complexity index is 663. The maximum absolute atomic E-state index is 11.6. The SMILES string of the molecule is COC(=O)c1ccc2nc(C3CCCN3C(C)C)cn2c1. The molecule has 5 nitrogen and oxygen atoms in total. The Morgan fingerprint density at radius 2 is 2.19 bits per heavy atom. The van der Waals surface area contributed by atoms with Gasteiger partial charge in [-0.3, -0.25) is 4.90 Å². The molecular formula is C16H21N3O2. The summed E-state index contributed by atoms with van der Waals surface area (Å²) in [5, 5.41) is 0. The highest BCUT2D eigenvalue weighted by atomic mass is 16.5. The van der Waals surface area contributed by atoms with Crippen molar-refractivity contribution in [2.24, 2.45) is 0 Å². The number of imidazole rings is 1. The Morgan fingerprint density at radius 1 is 1.38 bits per heavy atom. The second kappa shape index (κ2) is 5.48. The van der Waals surface area contributed by atoms with E-state index in [1.54, 1.807) is 12.3 Å². The molecule has 5 heteroatoms. The van der Waals surface area contributed by atoms with E-state index >= 15 is 0 Å². The van der Waals surface area contributed by atoms with Gasteiger partial charge in [-0.1, -0.05) is 0 Å². The van der Waals surface area contributed by atoms with Crippen LogP contribution in [0.15, 0.2) is 24.5 Å². The summed E-state index contributed by atoms with van der Waals surface area (Å²) >= 11 is 0. The summed E-state index contributed by atoms with van der Waals surface area (Å²) in [5.74, 6) is -0.322. The van der Waals surface area contributed by atoms with E-state index in [1.165, 1.54) is 13.5 Å². The number of hydrogen-bond acceptors (Lipinski definition) is 4. The van der Waals surface area contributed by atoms with Crippen LogP contribution >= 0.6 is 0 Å². The summed E-state index contributed by atoms with van der Waals surface area (Å²) in [5.41, 5.74) is 2.50. The highest BCUT2D eigenvalue weighted by Crippen LogP contribution is 2.33. The van der Waals surface area contributed by atoms with Gasteiger partial charge < -0.3 is 9.14 Å². The lowest BCUT2D eigenvalue weighted by Crippen LogP contribution is -2.30. The van der Waals surface area contributed by atoms with Gasteiger partial charge >= 0.3 is 5.97 Å². The summed E-state index contributed by atoms with van der Waals surface area (Å²) < 4.78 is 6.67. The fourth-order valence-electron chi connectivity index (χ4n) is 3.14. The van der Waals surface area contributed by atoms with Crippen molar-refractivity contribution in [2.75, 3.05) is 13.7 Å². The first kappa shape index (κ1) is 14.1. The highest BCUT2D eigenvalue weighted by molar-refractivity contribution is 5.89. The maximum Gasteiger partial charge on any atom is 0.339 e. The molecular weight excluding hydrogens is 266 g/mol. The zero-order valence-electron chi connectivity index (χ0n) is 12.7. The monoisotopic (exact) mass is 287 g/mol. The lowest BCUT2D eigenvalue weighted by molar-refractivity contribution is 0.0600. The molecule has 0 radical (unpaired) electrons. The minimum atomic E-state index is -0.322. The summed E-state index contributed by atoms with van der Waals surface area (Å²) in [6.07, 6.45) is 6.18. The summed E-state index contributed by atoms with van der Waals surface area (Å²) in [7, 11) is 1.39. The number of rotatable bonds is 3. The predicted molar refractivity (Wildman–Crippen MR) is 80.3 cm³/mol. The van der Waals surface area contributed by atoms with Gasteiger partial charge in [0.15, 0.2) is 0 Å². The molecule has 1 saturated heterocycles. The number of pyridine rings is 1. The Hall–Kier alpha value is -1.88. The third-order valence-corrected chi connectivity index (χ3v) is 4.19. The molecule has 1 atom stereocenters. The van der Waals surface area contributed by atoms with E-state index in [0.29, 0.717) is 17.6 Å². The Morgan fingerprint density at radius 3 is 2.90 bits per heavy atom. The second-order valence-electron chi connectivity index (χ2n) is 5.83. The molecule has 3 heterocycles. The van der Waals surface area contributed by atoms with Crippen molar-refractivity contribution in [3.05, 3.63) is 35.8 Å². The molecule has 0 aliphatic carbocycles. The number of carbonyl (C=O) groups excluding carboxylic acids is 1. The standard InChI is InChI=1S/C16H21N3O2/c1-11(2)19-8-4-5-14(19)13-10-18-9-12(16(20)21-3)6-7-15(18)17-13/h6-7,9-11,14H,4-5,8H2,1-3H3. The summed E-state index contributed by atoms with van der Waals surface area (Å²) in [4.78, 5) is 18.8. The number of hydrogen-bond donors (Lipinski definition) is 0. The van der Waals surface area contributed by atoms with E-state index < -0.39 is 0 Å². The lowest BCUT2D eigenvalue weighted by Gasteiger charge is -2.26. The number of esters is 1. The second-order valence-corrected chi connectivity index (χ2v) is 5.83. The lowest BCUT2D eigenvalue weighted by atomic mass is 10.1. The molecule has 0 N–H and O–H groups in total. The maximum atomic E-state index is 11.6. The van der Waals surface area contributed by atoms with Crippen LogP contribution < -0.4 is 0 Å². The minimum Gasteiger partial charge on any atom is -0.465 e. The van der Waals surface area contributed by atoms with Crippen LogP contribution in [0, 0.1) is 0 Å². The van der Waals surface area contributed by atoms with Gasteiger partial charge in [0.05, 0.1) is 24.4 Å². The molecule has 0 amide bonds. The number of methoxy groups -OCH3 is 1. The van der Waals surface area contributed by atoms with Gasteiger partial charge in [0.25, 0.3) is 0 Å². The van der Waals surface area contributed by atoms with Crippen LogP contribution in [0.4, 0.5) is 0 Å². The molecule has 0 bridgehead atoms. The summed E-state index contributed by atoms with van der Waals surface area (Å²) in [6.45, 7) is 5.58. The predicted octanol–water partition coefficient (Wildman–Crippen LogP) is 2.67. The van der Waals surface area contributed by atoms with Crippen molar-refractivity contribution >= 4 is 11.6 Å². The van der Waals surface area contributed by atoms with Gasteiger partial charge in [0.2, 0.25) is 0 Å². The number of likely N-dealkylation sites (tertiary alicyclic amines) is 1. The molecule has 0 saturated carbocycles. The van der Waals surface area contributed by atoms with Gasteiger partial charge in [-0.15, -0.1) is 0 Å². The van der Waals surface area contributed by atoms with Gasteiger partial charge in [0, 0.05) is 18.4 Å². The number of nitrogens with zero attached hydrogens (tertiary/aromatic N) is 3. The third kappa shape index (κ3) is 2.53. The van der Waals surface area contributed by atoms with Crippen LogP contribution in [0.5, 0.6) is 0 Å². The minimum absolute atomic E-state index is 0.322. The topological polar surface area (TPSA) is 46.8 Å². The van der Waals surface area contributed by atoms with E-state index in [2.05, 4.69) is 18.7 Å². The van der Waals surface area contributed by atoms with Crippen LogP contribution in [-0.2, 0) is 4.74 Å². The van der Waals surface area contributed by atoms with Crippen LogP contribution in [0.1, 0.15) is 48.8 Å². The molecule has 1 aliphatic rings. The first-order chi connectivity index (χ1) is 10.1. The molecule has 112 valence electrons. The van der Waals surface area contributed by atoms with Crippen LogP contribution in [-0.4, -0.2) is 40.0 Å². The van der Waals surface area contributed by atoms with Crippen molar-refractivity contribution in [1.82, 2.24) is 14.3 Å². The molecule has 0 aromatic carbocycles. The summed E-state index contributed by atoms with van der Waals surface area (Å²) in [6, 6.07) is 4.52. The Labute approximate surface area is 124 Å². The molecule has 0 spiro atoms. The van der Waals surface area contributed by atoms with E-state index in [9.17, 15) is 4.79 Å². The van der Waals surface area contributed by atoms with Crippen molar-refractivity contribution in [3.8, 4) is 0 Å². The molecule has 2 aromatic heterocycles. The Kier molecular flexibility index (Phi) is 3.68. The number of aromatic nitrogens is 2. The zero-order valence-corrected chi connectivity index (χ0v) is 12.7. The van der Waals surface area contributed by atoms with Crippen LogP contribution in [0.25, 0.3) is 5.65 Å². The van der Waals surface area contributed by atoms with Gasteiger partial charge in [0.1, 0.15) is 5.65 Å². The van der Waals surface area contributed by atoms with Gasteiger partial charge in [-0.05, 0) is 45.4 Å². The Balaban J connectivity index is 1.95. The average Bonchev–Trinajstić information content (AvgIpc) is 3.11. The zero-order chi connectivity index (χ0) is 15.0. The number of fused-ring (bicyclic) bond motifs is 1. The molecule has 21 heavy (non-hydrogen) atoms. The van der Waals surface area contributed by atoms with Gasteiger partial charge in [-0.2, -0.15) is 0 Å². The van der Waals surface area contributed by atoms with Crippen LogP contribution in [0.3, 0.4) is 0 Å². The van der Waals surface area contributed by atoms with E-state index in [0.717, 1.165) is 24.3 Å². The first-order valence-corrected chi connectivity index (χ1v) is 7.43. The molecule has 1 unspecified atom stereocenters. The fourth-order valence-corrected chi connectivity index (χ4v) is 3.14. The fraction of sp³-hybridized carbons (Fsp3) is 0.500. The van der Waals surface area contributed by atoms with Gasteiger partial charge in [-0.25, -0.2) is 9.78 Å². The van der Waals surface area contributed by atoms with E-state index in [4.69, 9.17) is 9.72 Å². The largest absolute Gasteiger partial charge is 0.465 e. The molecule has 2 aromatic rings. The smallest absolute Gasteiger partial charge is 0.339 e. The molecule has 1 aliphatic heterocycles. The van der Waals surface area contributed by atoms with Crippen molar-refractivity contribution in [1.29, 1.82) is 0 Å². The van der Waals surface area contributed by atoms with E-state index in [1.807, 2.05) is 16.7 Å². The third-order valence-electron chi connectivity index (χ3n) is 4.19.